The van der Waals surface area contributed by atoms with Crippen molar-refractivity contribution in [1.82, 2.24) is 14.8 Å². The van der Waals surface area contributed by atoms with Crippen LogP contribution in [0, 0.1) is 17.2 Å². The van der Waals surface area contributed by atoms with Gasteiger partial charge in [0.25, 0.3) is 0 Å². The van der Waals surface area contributed by atoms with Gasteiger partial charge in [-0.1, -0.05) is 48.2 Å². The molecular weight excluding hydrogens is 434 g/mol. The van der Waals surface area contributed by atoms with Crippen molar-refractivity contribution < 1.29 is 9.59 Å². The number of pyridine rings is 1. The standard InChI is InChI=1S/C25H19N5O2S/c26-13-19(25(32)28-16-7-6-12-27-14-16)24(31)22-20-15-33-21-11-5-4-10-18(21)23(20)30(29-22)17-8-2-1-3-9-17/h2-9,11-12,14-15,17,19H,1,10H2,(H,28,32). The maximum Gasteiger partial charge on any atom is 0.249 e. The number of thioether (sulfide) groups is 1. The van der Waals surface area contributed by atoms with E-state index < -0.39 is 17.6 Å². The van der Waals surface area contributed by atoms with Crippen LogP contribution in [0.1, 0.15) is 29.4 Å². The van der Waals surface area contributed by atoms with Crippen LogP contribution in [0.3, 0.4) is 0 Å². The molecule has 3 aliphatic rings. The lowest BCUT2D eigenvalue weighted by Crippen LogP contribution is -2.38. The molecule has 2 aromatic rings. The van der Waals surface area contributed by atoms with Crippen molar-refractivity contribution in [3.8, 4) is 6.07 Å². The Balaban J connectivity index is 1.60. The number of amides is 1. The zero-order chi connectivity index (χ0) is 22.8. The number of nitrogens with one attached hydrogen (secondary N) is 1. The van der Waals surface area contributed by atoms with Gasteiger partial charge in [-0.05, 0) is 42.0 Å². The summed E-state index contributed by atoms with van der Waals surface area (Å²) in [7, 11) is 0. The van der Waals surface area contributed by atoms with E-state index in [0.29, 0.717) is 10.9 Å². The van der Waals surface area contributed by atoms with E-state index in [1.165, 1.54) is 18.0 Å². The number of carbonyl (C=O) groups is 2. The first-order chi connectivity index (χ1) is 16.2. The summed E-state index contributed by atoms with van der Waals surface area (Å²) >= 11 is 1.53. The van der Waals surface area contributed by atoms with Crippen molar-refractivity contribution >= 4 is 40.1 Å². The molecule has 1 amide bonds. The van der Waals surface area contributed by atoms with Gasteiger partial charge in [-0.25, -0.2) is 0 Å². The lowest BCUT2D eigenvalue weighted by atomic mass is 10.00. The highest BCUT2D eigenvalue weighted by Gasteiger charge is 2.33. The predicted molar refractivity (Wildman–Crippen MR) is 127 cm³/mol. The van der Waals surface area contributed by atoms with Crippen molar-refractivity contribution in [3.05, 3.63) is 88.2 Å². The Morgan fingerprint density at radius 1 is 1.27 bits per heavy atom. The lowest BCUT2D eigenvalue weighted by Gasteiger charge is -2.18. The number of aromatic nitrogens is 3. The molecule has 0 fully saturated rings. The predicted octanol–water partition coefficient (Wildman–Crippen LogP) is 2.78. The minimum Gasteiger partial charge on any atom is -0.323 e. The minimum atomic E-state index is -1.53. The van der Waals surface area contributed by atoms with Gasteiger partial charge in [-0.2, -0.15) is 10.4 Å². The summed E-state index contributed by atoms with van der Waals surface area (Å²) in [5, 5.41) is 20.4. The lowest BCUT2D eigenvalue weighted by molar-refractivity contribution is -0.117. The van der Waals surface area contributed by atoms with Gasteiger partial charge >= 0.3 is 0 Å². The molecule has 3 heterocycles. The minimum absolute atomic E-state index is 0.138. The molecular formula is C25H19N5O2S. The van der Waals surface area contributed by atoms with Crippen LogP contribution >= 0.6 is 11.8 Å². The number of carbonyl (C=O) groups excluding carboxylic acids is 2. The first-order valence-corrected chi connectivity index (χ1v) is 11.4. The molecule has 8 heteroatoms. The Bertz CT molecular complexity index is 1410. The van der Waals surface area contributed by atoms with Crippen molar-refractivity contribution in [2.24, 2.45) is 5.92 Å². The maximum atomic E-state index is 13.5. The monoisotopic (exact) mass is 453 g/mol. The van der Waals surface area contributed by atoms with Crippen molar-refractivity contribution in [3.63, 3.8) is 0 Å². The average molecular weight is 454 g/mol. The van der Waals surface area contributed by atoms with E-state index in [4.69, 9.17) is 0 Å². The third-order valence-electron chi connectivity index (χ3n) is 5.58. The highest BCUT2D eigenvalue weighted by molar-refractivity contribution is 8.10. The number of nitriles is 1. The van der Waals surface area contributed by atoms with Crippen LogP contribution in [0.4, 0.5) is 5.69 Å². The molecule has 0 radical (unpaired) electrons. The second kappa shape index (κ2) is 8.88. The quantitative estimate of drug-likeness (QED) is 0.425. The summed E-state index contributed by atoms with van der Waals surface area (Å²) in [5.74, 6) is -2.84. The van der Waals surface area contributed by atoms with E-state index in [1.807, 2.05) is 40.5 Å². The largest absolute Gasteiger partial charge is 0.323 e. The van der Waals surface area contributed by atoms with Gasteiger partial charge in [0.15, 0.2) is 5.92 Å². The van der Waals surface area contributed by atoms with E-state index in [2.05, 4.69) is 33.6 Å². The van der Waals surface area contributed by atoms with Crippen molar-refractivity contribution in [2.45, 2.75) is 18.9 Å². The van der Waals surface area contributed by atoms with E-state index in [-0.39, 0.29) is 11.7 Å². The van der Waals surface area contributed by atoms with E-state index >= 15 is 0 Å². The molecule has 0 aromatic carbocycles. The molecule has 1 N–H and O–H groups in total. The number of rotatable bonds is 5. The molecule has 0 bridgehead atoms. The Kier molecular flexibility index (Phi) is 5.63. The number of nitrogens with zero attached hydrogens (tertiary/aromatic N) is 4. The fourth-order valence-corrected chi connectivity index (χ4v) is 4.96. The number of ketones is 1. The number of allylic oxidation sites excluding steroid dienone is 8. The summed E-state index contributed by atoms with van der Waals surface area (Å²) in [5.41, 5.74) is 1.65. The molecule has 0 saturated heterocycles. The molecule has 7 nitrogen and oxygen atoms in total. The topological polar surface area (TPSA) is 101 Å². The first-order valence-electron chi connectivity index (χ1n) is 10.5. The summed E-state index contributed by atoms with van der Waals surface area (Å²) in [6, 6.07) is 5.03. The highest BCUT2D eigenvalue weighted by atomic mass is 32.2. The van der Waals surface area contributed by atoms with Gasteiger partial charge in [-0.3, -0.25) is 19.3 Å². The van der Waals surface area contributed by atoms with Crippen LogP contribution in [0.25, 0.3) is 11.0 Å². The molecule has 0 spiro atoms. The van der Waals surface area contributed by atoms with Crippen molar-refractivity contribution in [2.75, 3.05) is 5.32 Å². The van der Waals surface area contributed by atoms with E-state index in [9.17, 15) is 14.9 Å². The van der Waals surface area contributed by atoms with Crippen LogP contribution in [0.15, 0.2) is 72.0 Å². The van der Waals surface area contributed by atoms with E-state index in [0.717, 1.165) is 28.7 Å². The summed E-state index contributed by atoms with van der Waals surface area (Å²) < 4.78 is 1.83. The van der Waals surface area contributed by atoms with Crippen LogP contribution in [-0.2, 0) is 4.79 Å². The number of hydrogen-bond donors (Lipinski definition) is 1. The normalized spacial score (nSPS) is 17.3. The van der Waals surface area contributed by atoms with E-state index in [1.54, 1.807) is 18.3 Å². The average Bonchev–Trinajstić information content (AvgIpc) is 3.26. The van der Waals surface area contributed by atoms with Crippen LogP contribution < -0.4 is 15.9 Å². The number of hydrogen-bond acceptors (Lipinski definition) is 6. The van der Waals surface area contributed by atoms with Gasteiger partial charge in [0, 0.05) is 16.3 Å². The zero-order valence-electron chi connectivity index (χ0n) is 17.5. The summed E-state index contributed by atoms with van der Waals surface area (Å²) in [4.78, 5) is 31.3. The van der Waals surface area contributed by atoms with Gasteiger partial charge < -0.3 is 5.32 Å². The smallest absolute Gasteiger partial charge is 0.249 e. The molecule has 0 saturated carbocycles. The second-order valence-corrected chi connectivity index (χ2v) is 8.58. The zero-order valence-corrected chi connectivity index (χ0v) is 18.3. The molecule has 1 atom stereocenters. The molecule has 1 aliphatic heterocycles. The SMILES string of the molecule is N#CC(C(=O)Nc1cccnc1)C(=O)c1nn(C2C=CCC=C2)c2c1=CSC1=CC=CCC=21. The maximum absolute atomic E-state index is 13.5. The Morgan fingerprint density at radius 2 is 2.12 bits per heavy atom. The fourth-order valence-electron chi connectivity index (χ4n) is 4.01. The molecule has 33 heavy (non-hydrogen) atoms. The molecule has 2 aliphatic carbocycles. The van der Waals surface area contributed by atoms with Gasteiger partial charge in [0.05, 0.1) is 29.3 Å². The van der Waals surface area contributed by atoms with Crippen molar-refractivity contribution in [1.29, 1.82) is 5.26 Å². The van der Waals surface area contributed by atoms with Gasteiger partial charge in [0.2, 0.25) is 11.7 Å². The van der Waals surface area contributed by atoms with Crippen LogP contribution in [0.2, 0.25) is 0 Å². The summed E-state index contributed by atoms with van der Waals surface area (Å²) in [6.45, 7) is 0. The third-order valence-corrected chi connectivity index (χ3v) is 6.57. The molecule has 5 rings (SSSR count). The molecule has 2 aromatic heterocycles. The Hall–Kier alpha value is -3.96. The van der Waals surface area contributed by atoms with Crippen LogP contribution in [0.5, 0.6) is 0 Å². The highest BCUT2D eigenvalue weighted by Crippen LogP contribution is 2.33. The number of fused-ring (bicyclic) bond motifs is 2. The second-order valence-electron chi connectivity index (χ2n) is 7.67. The van der Waals surface area contributed by atoms with Crippen LogP contribution in [-0.4, -0.2) is 26.5 Å². The fraction of sp³-hybridized carbons (Fsp3) is 0.160. The van der Waals surface area contributed by atoms with Gasteiger partial charge in [-0.15, -0.1) is 0 Å². The Morgan fingerprint density at radius 3 is 2.88 bits per heavy atom. The molecule has 162 valence electrons. The molecule has 1 unspecified atom stereocenters. The summed E-state index contributed by atoms with van der Waals surface area (Å²) in [6.07, 6.45) is 19.0. The number of anilines is 1. The number of Topliss-reactive ketones (excluding diaryl/α,β-unsaturated/α-hetero) is 1. The van der Waals surface area contributed by atoms with Gasteiger partial charge in [0.1, 0.15) is 5.69 Å². The first kappa shape index (κ1) is 20.9. The third kappa shape index (κ3) is 3.88. The Labute approximate surface area is 194 Å².